The van der Waals surface area contributed by atoms with E-state index in [4.69, 9.17) is 0 Å². The fraction of sp³-hybridized carbons (Fsp3) is 0.417. The van der Waals surface area contributed by atoms with Gasteiger partial charge < -0.3 is 5.11 Å². The molecule has 1 N–H and O–H groups in total. The van der Waals surface area contributed by atoms with Crippen molar-refractivity contribution in [3.8, 4) is 0 Å². The summed E-state index contributed by atoms with van der Waals surface area (Å²) in [4.78, 5) is 4.13. The zero-order valence-electron chi connectivity index (χ0n) is 10.3. The molecule has 0 aliphatic rings. The molecule has 2 heterocycles. The summed E-state index contributed by atoms with van der Waals surface area (Å²) < 4.78 is 1.70. The average molecular weight is 232 g/mol. The molecular formula is C12H16N4O. The first-order valence-electron chi connectivity index (χ1n) is 5.48. The van der Waals surface area contributed by atoms with Crippen LogP contribution in [0.15, 0.2) is 24.7 Å². The summed E-state index contributed by atoms with van der Waals surface area (Å²) in [6, 6.07) is 2.05. The van der Waals surface area contributed by atoms with Gasteiger partial charge in [0.15, 0.2) is 0 Å². The minimum atomic E-state index is -0.955. The van der Waals surface area contributed by atoms with Crippen molar-refractivity contribution in [1.82, 2.24) is 20.0 Å². The van der Waals surface area contributed by atoms with Gasteiger partial charge in [0.2, 0.25) is 0 Å². The normalized spacial score (nSPS) is 11.8. The Labute approximate surface area is 100 Å². The molecule has 0 bridgehead atoms. The van der Waals surface area contributed by atoms with Crippen LogP contribution in [0.5, 0.6) is 0 Å². The molecule has 5 heteroatoms. The van der Waals surface area contributed by atoms with Gasteiger partial charge in [-0.25, -0.2) is 4.68 Å². The molecule has 2 aromatic rings. The smallest absolute Gasteiger partial charge is 0.114 e. The van der Waals surface area contributed by atoms with E-state index in [1.807, 2.05) is 13.1 Å². The first kappa shape index (κ1) is 11.7. The van der Waals surface area contributed by atoms with Crippen molar-refractivity contribution >= 4 is 0 Å². The maximum atomic E-state index is 9.78. The molecule has 90 valence electrons. The summed E-state index contributed by atoms with van der Waals surface area (Å²) in [5.74, 6) is 0. The summed E-state index contributed by atoms with van der Waals surface area (Å²) in [6.07, 6.45) is 5.37. The highest BCUT2D eigenvalue weighted by Gasteiger charge is 2.19. The fourth-order valence-corrected chi connectivity index (χ4v) is 1.55. The number of hydrogen-bond donors (Lipinski definition) is 1. The van der Waals surface area contributed by atoms with Gasteiger partial charge >= 0.3 is 0 Å². The Kier molecular flexibility index (Phi) is 2.93. The zero-order chi connectivity index (χ0) is 12.5. The van der Waals surface area contributed by atoms with E-state index in [2.05, 4.69) is 21.4 Å². The third-order valence-electron chi connectivity index (χ3n) is 2.44. The molecule has 0 radical (unpaired) electrons. The number of rotatable bonds is 3. The lowest BCUT2D eigenvalue weighted by molar-refractivity contribution is 0.0737. The highest BCUT2D eigenvalue weighted by Crippen LogP contribution is 2.16. The molecule has 0 saturated carbocycles. The first-order valence-corrected chi connectivity index (χ1v) is 5.48. The molecule has 0 aliphatic carbocycles. The number of pyridine rings is 1. The van der Waals surface area contributed by atoms with Crippen LogP contribution < -0.4 is 0 Å². The maximum Gasteiger partial charge on any atom is 0.114 e. The van der Waals surface area contributed by atoms with Gasteiger partial charge in [-0.3, -0.25) is 4.98 Å². The largest absolute Gasteiger partial charge is 0.384 e. The third-order valence-corrected chi connectivity index (χ3v) is 2.44. The Morgan fingerprint density at radius 2 is 2.12 bits per heavy atom. The standard InChI is InChI=1S/C12H16N4O/c1-9-4-10(6-13-5-9)7-16-8-11(14-15-16)12(2,3)17/h4-6,8,17H,7H2,1-3H3. The number of aryl methyl sites for hydroxylation is 1. The second-order valence-electron chi connectivity index (χ2n) is 4.73. The third kappa shape index (κ3) is 2.88. The Morgan fingerprint density at radius 3 is 2.71 bits per heavy atom. The van der Waals surface area contributed by atoms with Crippen molar-refractivity contribution in [2.45, 2.75) is 32.9 Å². The minimum Gasteiger partial charge on any atom is -0.384 e. The van der Waals surface area contributed by atoms with E-state index in [9.17, 15) is 5.11 Å². The molecule has 0 saturated heterocycles. The second kappa shape index (κ2) is 4.25. The molecule has 2 aromatic heterocycles. The van der Waals surface area contributed by atoms with E-state index in [1.165, 1.54) is 0 Å². The molecule has 5 nitrogen and oxygen atoms in total. The van der Waals surface area contributed by atoms with Gasteiger partial charge in [-0.05, 0) is 31.9 Å². The maximum absolute atomic E-state index is 9.78. The zero-order valence-corrected chi connectivity index (χ0v) is 10.3. The van der Waals surface area contributed by atoms with Crippen molar-refractivity contribution < 1.29 is 5.11 Å². The quantitative estimate of drug-likeness (QED) is 0.865. The Balaban J connectivity index is 2.17. The highest BCUT2D eigenvalue weighted by atomic mass is 16.3. The Hall–Kier alpha value is -1.75. The molecule has 0 atom stereocenters. The van der Waals surface area contributed by atoms with E-state index >= 15 is 0 Å². The van der Waals surface area contributed by atoms with Crippen LogP contribution in [0.4, 0.5) is 0 Å². The molecule has 2 rings (SSSR count). The van der Waals surface area contributed by atoms with Crippen LogP contribution in [0.25, 0.3) is 0 Å². The van der Waals surface area contributed by atoms with Gasteiger partial charge in [0.25, 0.3) is 0 Å². The van der Waals surface area contributed by atoms with Gasteiger partial charge in [-0.15, -0.1) is 5.10 Å². The molecule has 0 aromatic carbocycles. The van der Waals surface area contributed by atoms with Gasteiger partial charge in [0, 0.05) is 12.4 Å². The fourth-order valence-electron chi connectivity index (χ4n) is 1.55. The summed E-state index contributed by atoms with van der Waals surface area (Å²) in [5.41, 5.74) is 1.80. The number of hydrogen-bond acceptors (Lipinski definition) is 4. The molecule has 0 fully saturated rings. The molecular weight excluding hydrogens is 216 g/mol. The summed E-state index contributed by atoms with van der Waals surface area (Å²) >= 11 is 0. The molecule has 17 heavy (non-hydrogen) atoms. The molecule has 0 unspecified atom stereocenters. The second-order valence-corrected chi connectivity index (χ2v) is 4.73. The lowest BCUT2D eigenvalue weighted by Crippen LogP contribution is -2.15. The minimum absolute atomic E-state index is 0.568. The predicted octanol–water partition coefficient (Wildman–Crippen LogP) is 1.26. The molecule has 0 spiro atoms. The average Bonchev–Trinajstić information content (AvgIpc) is 2.65. The Bertz CT molecular complexity index is 513. The monoisotopic (exact) mass is 232 g/mol. The van der Waals surface area contributed by atoms with Crippen LogP contribution in [0.2, 0.25) is 0 Å². The van der Waals surface area contributed by atoms with Crippen LogP contribution in [-0.2, 0) is 12.1 Å². The lowest BCUT2D eigenvalue weighted by Gasteiger charge is -2.11. The van der Waals surface area contributed by atoms with E-state index < -0.39 is 5.60 Å². The van der Waals surface area contributed by atoms with Crippen molar-refractivity contribution in [3.63, 3.8) is 0 Å². The summed E-state index contributed by atoms with van der Waals surface area (Å²) in [6.45, 7) is 5.99. The van der Waals surface area contributed by atoms with Crippen molar-refractivity contribution in [1.29, 1.82) is 0 Å². The summed E-state index contributed by atoms with van der Waals surface area (Å²) in [5, 5.41) is 17.7. The van der Waals surface area contributed by atoms with Crippen LogP contribution in [0, 0.1) is 6.92 Å². The van der Waals surface area contributed by atoms with Gasteiger partial charge in [0.05, 0.1) is 12.7 Å². The van der Waals surface area contributed by atoms with Gasteiger partial charge in [0.1, 0.15) is 11.3 Å². The Morgan fingerprint density at radius 1 is 1.35 bits per heavy atom. The lowest BCUT2D eigenvalue weighted by atomic mass is 10.1. The predicted molar refractivity (Wildman–Crippen MR) is 63.3 cm³/mol. The van der Waals surface area contributed by atoms with E-state index in [-0.39, 0.29) is 0 Å². The van der Waals surface area contributed by atoms with Crippen LogP contribution in [0.3, 0.4) is 0 Å². The van der Waals surface area contributed by atoms with Crippen molar-refractivity contribution in [3.05, 3.63) is 41.5 Å². The number of nitrogens with zero attached hydrogens (tertiary/aromatic N) is 4. The van der Waals surface area contributed by atoms with Gasteiger partial charge in [-0.2, -0.15) is 0 Å². The highest BCUT2D eigenvalue weighted by molar-refractivity contribution is 5.17. The molecule has 0 amide bonds. The summed E-state index contributed by atoms with van der Waals surface area (Å²) in [7, 11) is 0. The van der Waals surface area contributed by atoms with Crippen molar-refractivity contribution in [2.75, 3.05) is 0 Å². The van der Waals surface area contributed by atoms with Crippen LogP contribution >= 0.6 is 0 Å². The van der Waals surface area contributed by atoms with Crippen molar-refractivity contribution in [2.24, 2.45) is 0 Å². The number of aromatic nitrogens is 4. The van der Waals surface area contributed by atoms with E-state index in [0.717, 1.165) is 11.1 Å². The van der Waals surface area contributed by atoms with E-state index in [0.29, 0.717) is 12.2 Å². The molecule has 0 aliphatic heterocycles. The van der Waals surface area contributed by atoms with Crippen LogP contribution in [-0.4, -0.2) is 25.1 Å². The van der Waals surface area contributed by atoms with Crippen LogP contribution in [0.1, 0.15) is 30.7 Å². The number of aliphatic hydroxyl groups is 1. The topological polar surface area (TPSA) is 63.8 Å². The first-order chi connectivity index (χ1) is 7.95. The van der Waals surface area contributed by atoms with Gasteiger partial charge in [-0.1, -0.05) is 11.3 Å². The SMILES string of the molecule is Cc1cncc(Cn2cc(C(C)(C)O)nn2)c1. The van der Waals surface area contributed by atoms with E-state index in [1.54, 1.807) is 30.9 Å².